The monoisotopic (exact) mass is 884 g/mol. The molecular weight excluding hydrogens is 851 g/mol. The molecule has 9 heteroatoms. The zero-order valence-corrected chi connectivity index (χ0v) is 34.0. The lowest BCUT2D eigenvalue weighted by atomic mass is 10.00. The lowest BCUT2D eigenvalue weighted by molar-refractivity contribution is 0.103. The van der Waals surface area contributed by atoms with E-state index in [4.69, 9.17) is 19.3 Å². The van der Waals surface area contributed by atoms with Crippen LogP contribution in [0.25, 0.3) is 21.5 Å². The van der Waals surface area contributed by atoms with Crippen LogP contribution in [0.2, 0.25) is 0 Å². The average molecular weight is 887 g/mol. The van der Waals surface area contributed by atoms with Crippen LogP contribution in [0.3, 0.4) is 0 Å². The molecule has 0 heterocycles. The van der Waals surface area contributed by atoms with E-state index in [0.29, 0.717) is 33.8 Å². The van der Waals surface area contributed by atoms with E-state index >= 15 is 0 Å². The summed E-state index contributed by atoms with van der Waals surface area (Å²) in [6.07, 6.45) is 0. The highest BCUT2D eigenvalue weighted by molar-refractivity contribution is 9.10. The molecule has 0 fully saturated rings. The first kappa shape index (κ1) is 40.4. The minimum atomic E-state index is -0.350. The van der Waals surface area contributed by atoms with Crippen LogP contribution in [0.5, 0.6) is 28.7 Å². The second-order valence-corrected chi connectivity index (χ2v) is 14.4. The van der Waals surface area contributed by atoms with Gasteiger partial charge < -0.3 is 19.3 Å². The van der Waals surface area contributed by atoms with Gasteiger partial charge in [-0.1, -0.05) is 68.3 Å². The number of rotatable bonds is 8. The number of ether oxygens (including phenoxy) is 3. The predicted octanol–water partition coefficient (Wildman–Crippen LogP) is 13.0. The van der Waals surface area contributed by atoms with Crippen LogP contribution < -0.4 is 14.2 Å². The first-order valence-corrected chi connectivity index (χ1v) is 19.2. The Morgan fingerprint density at radius 1 is 0.439 bits per heavy atom. The topological polar surface area (TPSA) is 82.1 Å². The molecule has 8 aromatic rings. The molecule has 0 saturated carbocycles. The molecule has 57 heavy (non-hydrogen) atoms. The van der Waals surface area contributed by atoms with Crippen molar-refractivity contribution in [1.29, 1.82) is 0 Å². The largest absolute Gasteiger partial charge is 0.508 e. The zero-order valence-electron chi connectivity index (χ0n) is 30.8. The maximum atomic E-state index is 12.9. The SMILES string of the molecule is COc1ccc2cc(C(=O)c3ccc(F)cc3)ccc2c1.COc1ccc2cc(C(=O)c3ccc(Oc4ccc(Br)cc4)cc3)ccc2c1.Oc1ccc(Br)cc1. The number of ketones is 2. The van der Waals surface area contributed by atoms with E-state index in [-0.39, 0.29) is 17.4 Å². The van der Waals surface area contributed by atoms with Crippen molar-refractivity contribution >= 4 is 65.0 Å². The molecule has 284 valence electrons. The number of phenols is 1. The van der Waals surface area contributed by atoms with Gasteiger partial charge in [-0.05, 0) is 155 Å². The summed E-state index contributed by atoms with van der Waals surface area (Å²) in [5.74, 6) is 2.82. The average Bonchev–Trinajstić information content (AvgIpc) is 3.25. The van der Waals surface area contributed by atoms with Crippen molar-refractivity contribution in [2.24, 2.45) is 0 Å². The fourth-order valence-electron chi connectivity index (χ4n) is 5.67. The Labute approximate surface area is 346 Å². The van der Waals surface area contributed by atoms with Crippen molar-refractivity contribution in [2.45, 2.75) is 0 Å². The number of carbonyl (C=O) groups excluding carboxylic acids is 2. The molecular formula is C48H35Br2FO6. The summed E-state index contributed by atoms with van der Waals surface area (Å²) in [7, 11) is 3.26. The number of phenolic OH excluding ortho intramolecular Hbond substituents is 1. The van der Waals surface area contributed by atoms with E-state index in [2.05, 4.69) is 31.9 Å². The summed E-state index contributed by atoms with van der Waals surface area (Å²) in [5, 5.41) is 12.7. The molecule has 0 atom stereocenters. The van der Waals surface area contributed by atoms with Gasteiger partial charge >= 0.3 is 0 Å². The fraction of sp³-hybridized carbons (Fsp3) is 0.0417. The number of halogens is 3. The second kappa shape index (κ2) is 19.0. The summed E-state index contributed by atoms with van der Waals surface area (Å²) in [6, 6.07) is 49.9. The third-order valence-electron chi connectivity index (χ3n) is 8.72. The quantitative estimate of drug-likeness (QED) is 0.153. The van der Waals surface area contributed by atoms with Crippen LogP contribution in [0, 0.1) is 5.82 Å². The molecule has 8 aromatic carbocycles. The summed E-state index contributed by atoms with van der Waals surface area (Å²) in [4.78, 5) is 25.2. The number of methoxy groups -OCH3 is 2. The molecule has 0 aliphatic rings. The van der Waals surface area contributed by atoms with Crippen LogP contribution >= 0.6 is 31.9 Å². The normalized spacial score (nSPS) is 10.4. The van der Waals surface area contributed by atoms with Gasteiger partial charge in [-0.15, -0.1) is 0 Å². The van der Waals surface area contributed by atoms with E-state index in [0.717, 1.165) is 47.7 Å². The van der Waals surface area contributed by atoms with Crippen LogP contribution in [-0.2, 0) is 0 Å². The molecule has 8 rings (SSSR count). The molecule has 0 unspecified atom stereocenters. The highest BCUT2D eigenvalue weighted by Gasteiger charge is 2.12. The number of carbonyl (C=O) groups is 2. The van der Waals surface area contributed by atoms with Gasteiger partial charge in [0.05, 0.1) is 14.2 Å². The molecule has 0 aliphatic heterocycles. The van der Waals surface area contributed by atoms with Gasteiger partial charge in [0.15, 0.2) is 11.6 Å². The molecule has 0 aliphatic carbocycles. The van der Waals surface area contributed by atoms with Crippen LogP contribution in [-0.4, -0.2) is 30.9 Å². The predicted molar refractivity (Wildman–Crippen MR) is 231 cm³/mol. The third kappa shape index (κ3) is 10.9. The molecule has 6 nitrogen and oxygen atoms in total. The Morgan fingerprint density at radius 3 is 1.19 bits per heavy atom. The standard InChI is InChI=1S/C24H17BrO3.C18H13FO2.C6H5BrO/c1-27-23-11-6-17-14-19(3-2-18(17)15-23)24(26)16-4-9-21(10-5-16)28-22-12-7-20(25)8-13-22;1-21-17-9-6-13-10-15(3-2-14(13)11-17)18(20)12-4-7-16(19)8-5-12;7-5-1-3-6(8)4-2-5/h2-15H,1H3;2-11H,1H3;1-4,8H. The molecule has 0 aromatic heterocycles. The van der Waals surface area contributed by atoms with E-state index in [9.17, 15) is 14.0 Å². The fourth-order valence-corrected chi connectivity index (χ4v) is 6.20. The third-order valence-corrected chi connectivity index (χ3v) is 9.78. The summed E-state index contributed by atoms with van der Waals surface area (Å²) < 4.78 is 31.1. The Balaban J connectivity index is 0.000000166. The Morgan fingerprint density at radius 2 is 0.772 bits per heavy atom. The molecule has 0 bridgehead atoms. The molecule has 0 radical (unpaired) electrons. The van der Waals surface area contributed by atoms with E-state index < -0.39 is 0 Å². The smallest absolute Gasteiger partial charge is 0.193 e. The van der Waals surface area contributed by atoms with Crippen molar-refractivity contribution in [3.8, 4) is 28.7 Å². The Hall–Kier alpha value is -6.29. The van der Waals surface area contributed by atoms with Gasteiger partial charge in [0.25, 0.3) is 0 Å². The number of hydrogen-bond acceptors (Lipinski definition) is 6. The molecule has 0 spiro atoms. The Kier molecular flexibility index (Phi) is 13.5. The van der Waals surface area contributed by atoms with Gasteiger partial charge in [0, 0.05) is 31.2 Å². The first-order valence-electron chi connectivity index (χ1n) is 17.6. The second-order valence-electron chi connectivity index (χ2n) is 12.6. The minimum absolute atomic E-state index is 0.0205. The van der Waals surface area contributed by atoms with Crippen molar-refractivity contribution in [3.63, 3.8) is 0 Å². The maximum absolute atomic E-state index is 12.9. The van der Waals surface area contributed by atoms with E-state index in [1.165, 1.54) is 24.3 Å². The van der Waals surface area contributed by atoms with Gasteiger partial charge in [0.2, 0.25) is 0 Å². The van der Waals surface area contributed by atoms with Gasteiger partial charge in [-0.25, -0.2) is 4.39 Å². The number of benzene rings is 8. The first-order chi connectivity index (χ1) is 27.6. The van der Waals surface area contributed by atoms with Crippen LogP contribution in [0.15, 0.2) is 179 Å². The number of aromatic hydroxyl groups is 1. The van der Waals surface area contributed by atoms with E-state index in [1.54, 1.807) is 68.8 Å². The van der Waals surface area contributed by atoms with Crippen LogP contribution in [0.1, 0.15) is 31.8 Å². The van der Waals surface area contributed by atoms with Crippen molar-refractivity contribution in [3.05, 3.63) is 207 Å². The zero-order chi connectivity index (χ0) is 40.3. The molecule has 0 amide bonds. The molecule has 0 saturated heterocycles. The lowest BCUT2D eigenvalue weighted by Gasteiger charge is -2.08. The highest BCUT2D eigenvalue weighted by Crippen LogP contribution is 2.27. The number of fused-ring (bicyclic) bond motifs is 2. The van der Waals surface area contributed by atoms with Crippen molar-refractivity contribution in [2.75, 3.05) is 14.2 Å². The summed E-state index contributed by atoms with van der Waals surface area (Å²) in [5.41, 5.74) is 2.33. The Bertz CT molecular complexity index is 2610. The summed E-state index contributed by atoms with van der Waals surface area (Å²) in [6.45, 7) is 0. The highest BCUT2D eigenvalue weighted by atomic mass is 79.9. The maximum Gasteiger partial charge on any atom is 0.193 e. The van der Waals surface area contributed by atoms with Gasteiger partial charge in [0.1, 0.15) is 34.6 Å². The summed E-state index contributed by atoms with van der Waals surface area (Å²) >= 11 is 6.64. The van der Waals surface area contributed by atoms with Gasteiger partial charge in [-0.2, -0.15) is 0 Å². The number of hydrogen-bond donors (Lipinski definition) is 1. The van der Waals surface area contributed by atoms with E-state index in [1.807, 2.05) is 91.0 Å². The van der Waals surface area contributed by atoms with Crippen LogP contribution in [0.4, 0.5) is 4.39 Å². The lowest BCUT2D eigenvalue weighted by Crippen LogP contribution is -2.01. The van der Waals surface area contributed by atoms with Crippen molar-refractivity contribution in [1.82, 2.24) is 0 Å². The van der Waals surface area contributed by atoms with Gasteiger partial charge in [-0.3, -0.25) is 9.59 Å². The van der Waals surface area contributed by atoms with Crippen molar-refractivity contribution < 1.29 is 33.3 Å². The minimum Gasteiger partial charge on any atom is -0.508 e. The molecule has 1 N–H and O–H groups in total.